The molecular formula is C27H24N4S2. The maximum absolute atomic E-state index is 5.19. The molecule has 3 aromatic heterocycles. The van der Waals surface area contributed by atoms with Gasteiger partial charge in [-0.1, -0.05) is 72.4 Å². The number of aryl methyl sites for hydroxylation is 1. The number of fused-ring (bicyclic) bond motifs is 5. The van der Waals surface area contributed by atoms with Gasteiger partial charge in [0.05, 0.1) is 15.9 Å². The van der Waals surface area contributed by atoms with Crippen LogP contribution in [0.15, 0.2) is 65.8 Å². The fourth-order valence-corrected chi connectivity index (χ4v) is 6.24. The summed E-state index contributed by atoms with van der Waals surface area (Å²) in [4.78, 5) is 16.1. The molecule has 1 N–H and O–H groups in total. The highest BCUT2D eigenvalue weighted by Crippen LogP contribution is 2.43. The van der Waals surface area contributed by atoms with Crippen LogP contribution in [0.2, 0.25) is 0 Å². The molecule has 6 heteroatoms. The van der Waals surface area contributed by atoms with Crippen molar-refractivity contribution in [1.82, 2.24) is 15.0 Å². The summed E-state index contributed by atoms with van der Waals surface area (Å²) in [6.07, 6.45) is 6.35. The third-order valence-electron chi connectivity index (χ3n) is 6.29. The number of aromatic nitrogens is 3. The molecule has 4 nitrogen and oxygen atoms in total. The van der Waals surface area contributed by atoms with Crippen molar-refractivity contribution in [3.05, 3.63) is 77.4 Å². The maximum atomic E-state index is 5.19. The lowest BCUT2D eigenvalue weighted by molar-refractivity contribution is 0.913. The molecule has 0 unspecified atom stereocenters. The van der Waals surface area contributed by atoms with Crippen LogP contribution in [0.1, 0.15) is 23.1 Å². The van der Waals surface area contributed by atoms with E-state index in [1.54, 1.807) is 23.1 Å². The number of pyridine rings is 1. The third-order valence-corrected chi connectivity index (χ3v) is 7.92. The molecule has 0 amide bonds. The van der Waals surface area contributed by atoms with Crippen LogP contribution in [0.4, 0.5) is 5.82 Å². The van der Waals surface area contributed by atoms with Gasteiger partial charge in [0.15, 0.2) is 5.16 Å². The fourth-order valence-electron chi connectivity index (χ4n) is 4.76. The van der Waals surface area contributed by atoms with Crippen molar-refractivity contribution in [2.24, 2.45) is 0 Å². The van der Waals surface area contributed by atoms with E-state index in [-0.39, 0.29) is 0 Å². The largest absolute Gasteiger partial charge is 0.368 e. The van der Waals surface area contributed by atoms with E-state index in [2.05, 4.69) is 66.0 Å². The van der Waals surface area contributed by atoms with Crippen molar-refractivity contribution in [3.8, 4) is 11.3 Å². The monoisotopic (exact) mass is 468 g/mol. The van der Waals surface area contributed by atoms with Crippen molar-refractivity contribution in [2.45, 2.75) is 30.8 Å². The number of nitrogens with zero attached hydrogens (tertiary/aromatic N) is 3. The van der Waals surface area contributed by atoms with Crippen LogP contribution in [-0.4, -0.2) is 27.8 Å². The molecule has 33 heavy (non-hydrogen) atoms. The molecule has 5 aromatic rings. The van der Waals surface area contributed by atoms with E-state index in [4.69, 9.17) is 15.0 Å². The van der Waals surface area contributed by atoms with Crippen molar-refractivity contribution in [2.75, 3.05) is 18.1 Å². The Bertz CT molecular complexity index is 1450. The number of rotatable bonds is 6. The second-order valence-corrected chi connectivity index (χ2v) is 10.1. The van der Waals surface area contributed by atoms with Crippen molar-refractivity contribution in [3.63, 3.8) is 0 Å². The molecule has 0 radical (unpaired) electrons. The number of thiophene rings is 1. The molecule has 6 rings (SSSR count). The number of benzene rings is 2. The van der Waals surface area contributed by atoms with Gasteiger partial charge in [0.25, 0.3) is 0 Å². The molecule has 0 spiro atoms. The van der Waals surface area contributed by atoms with Crippen molar-refractivity contribution in [1.29, 1.82) is 0 Å². The van der Waals surface area contributed by atoms with E-state index in [9.17, 15) is 0 Å². The molecule has 0 saturated heterocycles. The van der Waals surface area contributed by atoms with Gasteiger partial charge >= 0.3 is 0 Å². The number of nitrogens with one attached hydrogen (secondary N) is 1. The average molecular weight is 469 g/mol. The molecule has 1 aliphatic rings. The summed E-state index contributed by atoms with van der Waals surface area (Å²) in [6.45, 7) is 0.832. The molecule has 164 valence electrons. The van der Waals surface area contributed by atoms with Gasteiger partial charge in [0, 0.05) is 17.5 Å². The minimum atomic E-state index is 0.809. The molecule has 0 fully saturated rings. The second kappa shape index (κ2) is 8.76. The Morgan fingerprint density at radius 2 is 1.67 bits per heavy atom. The zero-order valence-electron chi connectivity index (χ0n) is 18.5. The first kappa shape index (κ1) is 20.6. The molecule has 0 aliphatic heterocycles. The van der Waals surface area contributed by atoms with E-state index in [0.717, 1.165) is 57.5 Å². The Kier molecular flexibility index (Phi) is 5.48. The smallest absolute Gasteiger partial charge is 0.189 e. The lowest BCUT2D eigenvalue weighted by Gasteiger charge is -2.10. The molecule has 0 saturated carbocycles. The van der Waals surface area contributed by atoms with Gasteiger partial charge in [-0.25, -0.2) is 15.0 Å². The number of hydrogen-bond acceptors (Lipinski definition) is 6. The SMILES string of the molecule is CSc1nc(NCCc2ccccc2)c2sc3nc(-c4ccccc4)c4c(c3c2n1)CCC4. The van der Waals surface area contributed by atoms with E-state index in [0.29, 0.717) is 0 Å². The highest BCUT2D eigenvalue weighted by Gasteiger charge is 2.25. The van der Waals surface area contributed by atoms with E-state index >= 15 is 0 Å². The average Bonchev–Trinajstić information content (AvgIpc) is 3.49. The summed E-state index contributed by atoms with van der Waals surface area (Å²) in [5.74, 6) is 0.927. The number of anilines is 1. The number of hydrogen-bond donors (Lipinski definition) is 1. The Hall–Kier alpha value is -2.96. The van der Waals surface area contributed by atoms with Crippen LogP contribution < -0.4 is 5.32 Å². The van der Waals surface area contributed by atoms with E-state index in [1.165, 1.54) is 34.1 Å². The molecule has 0 bridgehead atoms. The highest BCUT2D eigenvalue weighted by atomic mass is 32.2. The summed E-state index contributed by atoms with van der Waals surface area (Å²) >= 11 is 3.32. The molecular weight excluding hydrogens is 444 g/mol. The van der Waals surface area contributed by atoms with Gasteiger partial charge in [-0.2, -0.15) is 0 Å². The summed E-state index contributed by atoms with van der Waals surface area (Å²) in [6, 6.07) is 21.2. The third kappa shape index (κ3) is 3.77. The topological polar surface area (TPSA) is 50.7 Å². The van der Waals surface area contributed by atoms with Crippen LogP contribution in [0.5, 0.6) is 0 Å². The van der Waals surface area contributed by atoms with Gasteiger partial charge in [-0.05, 0) is 48.6 Å². The second-order valence-electron chi connectivity index (χ2n) is 8.32. The fraction of sp³-hybridized carbons (Fsp3) is 0.222. The molecule has 1 aliphatic carbocycles. The molecule has 2 aromatic carbocycles. The predicted octanol–water partition coefficient (Wildman–Crippen LogP) is 6.77. The molecule has 0 atom stereocenters. The minimum Gasteiger partial charge on any atom is -0.368 e. The standard InChI is InChI=1S/C27H24N4S2/c1-32-27-30-23-21-19-13-8-14-20(19)22(18-11-6-3-7-12-18)29-26(21)33-24(23)25(31-27)28-16-15-17-9-4-2-5-10-17/h2-7,9-12H,8,13-16H2,1H3,(H,28,30,31). The quantitative estimate of drug-likeness (QED) is 0.220. The van der Waals surface area contributed by atoms with E-state index < -0.39 is 0 Å². The predicted molar refractivity (Wildman–Crippen MR) is 141 cm³/mol. The van der Waals surface area contributed by atoms with E-state index in [1.807, 2.05) is 6.26 Å². The van der Waals surface area contributed by atoms with Crippen LogP contribution >= 0.6 is 23.1 Å². The van der Waals surface area contributed by atoms with Gasteiger partial charge in [0.2, 0.25) is 0 Å². The summed E-state index contributed by atoms with van der Waals surface area (Å²) < 4.78 is 1.11. The van der Waals surface area contributed by atoms with Crippen LogP contribution in [0, 0.1) is 0 Å². The zero-order chi connectivity index (χ0) is 22.2. The Labute approximate surface area is 201 Å². The van der Waals surface area contributed by atoms with Gasteiger partial charge in [0.1, 0.15) is 10.6 Å². The van der Waals surface area contributed by atoms with Crippen LogP contribution in [-0.2, 0) is 19.3 Å². The number of thioether (sulfide) groups is 1. The maximum Gasteiger partial charge on any atom is 0.189 e. The van der Waals surface area contributed by atoms with Gasteiger partial charge in [-0.15, -0.1) is 11.3 Å². The normalized spacial score (nSPS) is 13.0. The Morgan fingerprint density at radius 1 is 0.909 bits per heavy atom. The summed E-state index contributed by atoms with van der Waals surface area (Å²) in [7, 11) is 0. The first-order chi connectivity index (χ1) is 16.3. The minimum absolute atomic E-state index is 0.809. The first-order valence-electron chi connectivity index (χ1n) is 11.3. The van der Waals surface area contributed by atoms with Crippen LogP contribution in [0.25, 0.3) is 31.7 Å². The Balaban J connectivity index is 1.48. The van der Waals surface area contributed by atoms with Crippen molar-refractivity contribution < 1.29 is 0 Å². The summed E-state index contributed by atoms with van der Waals surface area (Å²) in [5.41, 5.74) is 7.55. The Morgan fingerprint density at radius 3 is 2.45 bits per heavy atom. The summed E-state index contributed by atoms with van der Waals surface area (Å²) in [5, 5.41) is 5.65. The lowest BCUT2D eigenvalue weighted by atomic mass is 10.0. The molecule has 3 heterocycles. The lowest BCUT2D eigenvalue weighted by Crippen LogP contribution is -2.07. The zero-order valence-corrected chi connectivity index (χ0v) is 20.1. The van der Waals surface area contributed by atoms with Crippen LogP contribution in [0.3, 0.4) is 0 Å². The van der Waals surface area contributed by atoms with Gasteiger partial charge < -0.3 is 5.32 Å². The van der Waals surface area contributed by atoms with Crippen molar-refractivity contribution >= 4 is 49.3 Å². The first-order valence-corrected chi connectivity index (χ1v) is 13.4. The highest BCUT2D eigenvalue weighted by molar-refractivity contribution is 7.98. The van der Waals surface area contributed by atoms with Gasteiger partial charge in [-0.3, -0.25) is 0 Å².